The number of hydrogen-bond acceptors (Lipinski definition) is 7. The number of halogens is 1. The lowest BCUT2D eigenvalue weighted by molar-refractivity contribution is 0.0630. The van der Waals surface area contributed by atoms with Crippen LogP contribution in [0, 0.1) is 0 Å². The molecular formula is C21H21ClNO8P. The van der Waals surface area contributed by atoms with E-state index in [-0.39, 0.29) is 38.9 Å². The van der Waals surface area contributed by atoms with Crippen LogP contribution in [0.5, 0.6) is 11.5 Å². The van der Waals surface area contributed by atoms with Crippen molar-refractivity contribution in [2.45, 2.75) is 18.4 Å². The quantitative estimate of drug-likeness (QED) is 0.413. The minimum absolute atomic E-state index is 0.00399. The van der Waals surface area contributed by atoms with Crippen molar-refractivity contribution in [1.29, 1.82) is 0 Å². The highest BCUT2D eigenvalue weighted by atomic mass is 35.5. The lowest BCUT2D eigenvalue weighted by Crippen LogP contribution is -2.40. The first-order valence-electron chi connectivity index (χ1n) is 10.2. The van der Waals surface area contributed by atoms with E-state index in [1.54, 1.807) is 12.1 Å². The number of phenolic OH excluding ortho intramolecular Hbond substituents is 1. The molecule has 170 valence electrons. The van der Waals surface area contributed by atoms with Crippen LogP contribution in [0.2, 0.25) is 5.02 Å². The third-order valence-corrected chi connectivity index (χ3v) is 6.17. The Kier molecular flexibility index (Phi) is 5.71. The number of aromatic hydroxyl groups is 1. The lowest BCUT2D eigenvalue weighted by Gasteiger charge is -2.34. The summed E-state index contributed by atoms with van der Waals surface area (Å²) in [6, 6.07) is 6.58. The van der Waals surface area contributed by atoms with Gasteiger partial charge in [0, 0.05) is 35.7 Å². The molecule has 1 aliphatic heterocycles. The topological polar surface area (TPSA) is 141 Å². The van der Waals surface area contributed by atoms with Crippen LogP contribution in [0.1, 0.15) is 19.3 Å². The third-order valence-electron chi connectivity index (χ3n) is 5.43. The summed E-state index contributed by atoms with van der Waals surface area (Å²) in [5, 5.41) is 21.2. The molecule has 0 amide bonds. The summed E-state index contributed by atoms with van der Waals surface area (Å²) in [7, 11) is -3.24. The molecule has 2 aromatic carbocycles. The number of β-amino-alcohol motifs (C(OH)–C–C–N with tert-alkyl or cyclic N) is 1. The number of phenols is 1. The molecular weight excluding hydrogens is 461 g/mol. The van der Waals surface area contributed by atoms with Crippen molar-refractivity contribution in [3.8, 4) is 22.8 Å². The Balaban J connectivity index is 2.04. The van der Waals surface area contributed by atoms with Crippen LogP contribution in [0.15, 0.2) is 45.6 Å². The molecule has 3 aromatic rings. The maximum absolute atomic E-state index is 13.1. The van der Waals surface area contributed by atoms with E-state index in [4.69, 9.17) is 17.4 Å². The average Bonchev–Trinajstić information content (AvgIpc) is 2.69. The van der Waals surface area contributed by atoms with Crippen LogP contribution >= 0.6 is 19.4 Å². The molecule has 2 heterocycles. The molecule has 32 heavy (non-hydrogen) atoms. The van der Waals surface area contributed by atoms with E-state index in [1.807, 2.05) is 11.9 Å². The zero-order valence-corrected chi connectivity index (χ0v) is 18.5. The van der Waals surface area contributed by atoms with Gasteiger partial charge in [0.25, 0.3) is 0 Å². The molecule has 2 unspecified atom stereocenters. The summed E-state index contributed by atoms with van der Waals surface area (Å²) in [5.41, 5.74) is -0.509. The minimum Gasteiger partial charge on any atom is -0.507 e. The normalized spacial score (nSPS) is 20.3. The Hall–Kier alpha value is -2.39. The summed E-state index contributed by atoms with van der Waals surface area (Å²) in [6.45, 7) is 0.906. The molecule has 0 aliphatic carbocycles. The average molecular weight is 483 g/mol. The fourth-order valence-corrected chi connectivity index (χ4v) is 4.65. The van der Waals surface area contributed by atoms with Crippen molar-refractivity contribution in [2.24, 2.45) is 0 Å². The van der Waals surface area contributed by atoms with Crippen LogP contribution in [0.4, 0.5) is 0 Å². The molecule has 4 N–H and O–H groups in total. The van der Waals surface area contributed by atoms with Gasteiger partial charge < -0.3 is 24.1 Å². The third kappa shape index (κ3) is 4.41. The van der Waals surface area contributed by atoms with Crippen molar-refractivity contribution in [3.63, 3.8) is 0 Å². The van der Waals surface area contributed by atoms with Crippen molar-refractivity contribution in [1.82, 2.24) is 4.90 Å². The van der Waals surface area contributed by atoms with Crippen LogP contribution < -0.4 is 9.95 Å². The molecule has 1 aromatic heterocycles. The molecule has 9 nitrogen and oxygen atoms in total. The van der Waals surface area contributed by atoms with E-state index in [9.17, 15) is 29.4 Å². The zero-order valence-electron chi connectivity index (χ0n) is 17.9. The highest BCUT2D eigenvalue weighted by Crippen LogP contribution is 2.47. The number of phosphoric ester groups is 1. The first kappa shape index (κ1) is 21.5. The second-order valence-electron chi connectivity index (χ2n) is 7.69. The van der Waals surface area contributed by atoms with Gasteiger partial charge >= 0.3 is 7.82 Å². The number of likely N-dealkylation sites (tertiary alicyclic amines) is 1. The standard InChI is InChI=1S/C21H21ClNO8P/c1-23-7-6-12(16(26)10-23)19-14(24)9-18(31-32(27,28)29)20-15(25)8-17(30-21(19)20)11-4-2-3-5-13(11)22/h2-5,8-9,12,16,24,26H,6-7,10H2,1H3,(H2,27,28,29)/i5D. The number of fused-ring (bicyclic) bond motifs is 1. The first-order valence-corrected chi connectivity index (χ1v) is 11.6. The summed E-state index contributed by atoms with van der Waals surface area (Å²) < 4.78 is 30.0. The fraction of sp³-hybridized carbons (Fsp3) is 0.286. The first-order chi connectivity index (χ1) is 15.5. The molecule has 1 saturated heterocycles. The van der Waals surface area contributed by atoms with Gasteiger partial charge in [0.15, 0.2) is 5.43 Å². The number of benzene rings is 2. The molecule has 1 fully saturated rings. The number of piperidine rings is 1. The van der Waals surface area contributed by atoms with E-state index in [0.29, 0.717) is 19.5 Å². The number of aliphatic hydroxyl groups is 1. The Morgan fingerprint density at radius 3 is 2.78 bits per heavy atom. The summed E-state index contributed by atoms with van der Waals surface area (Å²) in [5.74, 6) is -1.63. The van der Waals surface area contributed by atoms with Crippen LogP contribution in [-0.2, 0) is 4.57 Å². The van der Waals surface area contributed by atoms with E-state index >= 15 is 0 Å². The highest BCUT2D eigenvalue weighted by Gasteiger charge is 2.34. The van der Waals surface area contributed by atoms with Crippen molar-refractivity contribution < 1.29 is 34.9 Å². The fourth-order valence-electron chi connectivity index (χ4n) is 4.03. The van der Waals surface area contributed by atoms with Gasteiger partial charge in [-0.1, -0.05) is 23.7 Å². The maximum Gasteiger partial charge on any atom is 0.524 e. The Morgan fingerprint density at radius 1 is 1.34 bits per heavy atom. The Bertz CT molecular complexity index is 1340. The van der Waals surface area contributed by atoms with Gasteiger partial charge in [-0.05, 0) is 32.1 Å². The van der Waals surface area contributed by atoms with Crippen LogP contribution in [0.3, 0.4) is 0 Å². The summed E-state index contributed by atoms with van der Waals surface area (Å²) >= 11 is 6.24. The van der Waals surface area contributed by atoms with Gasteiger partial charge in [-0.2, -0.15) is 0 Å². The number of likely N-dealkylation sites (N-methyl/N-ethyl adjacent to an activating group) is 1. The predicted octanol–water partition coefficient (Wildman–Crippen LogP) is 3.07. The summed E-state index contributed by atoms with van der Waals surface area (Å²) in [4.78, 5) is 33.6. The number of nitrogens with zero attached hydrogens (tertiary/aromatic N) is 1. The van der Waals surface area contributed by atoms with Gasteiger partial charge in [0.2, 0.25) is 0 Å². The van der Waals surface area contributed by atoms with E-state index in [0.717, 1.165) is 12.1 Å². The highest BCUT2D eigenvalue weighted by molar-refractivity contribution is 7.46. The van der Waals surface area contributed by atoms with E-state index < -0.39 is 36.8 Å². The number of rotatable bonds is 4. The molecule has 4 rings (SSSR count). The molecule has 0 spiro atoms. The van der Waals surface area contributed by atoms with Gasteiger partial charge in [0.1, 0.15) is 28.2 Å². The van der Waals surface area contributed by atoms with Gasteiger partial charge in [-0.25, -0.2) is 4.57 Å². The summed E-state index contributed by atoms with van der Waals surface area (Å²) in [6.07, 6.45) is -0.476. The van der Waals surface area contributed by atoms with Crippen LogP contribution in [0.25, 0.3) is 22.3 Å². The van der Waals surface area contributed by atoms with Crippen molar-refractivity contribution in [2.75, 3.05) is 20.1 Å². The largest absolute Gasteiger partial charge is 0.524 e. The molecule has 0 bridgehead atoms. The molecule has 0 radical (unpaired) electrons. The molecule has 2 atom stereocenters. The minimum atomic E-state index is -5.08. The SMILES string of the molecule is [2H]c1cccc(-c2cc(=O)c3c(OP(=O)(O)O)cc(O)c(C4CCN(C)CC4O)c3o2)c1Cl. The Morgan fingerprint density at radius 2 is 2.09 bits per heavy atom. The van der Waals surface area contributed by atoms with Crippen molar-refractivity contribution in [3.05, 3.63) is 57.2 Å². The van der Waals surface area contributed by atoms with Gasteiger partial charge in [-0.15, -0.1) is 0 Å². The number of hydrogen-bond donors (Lipinski definition) is 4. The number of phosphoric acid groups is 1. The second-order valence-corrected chi connectivity index (χ2v) is 9.23. The number of aliphatic hydroxyl groups excluding tert-OH is 1. The smallest absolute Gasteiger partial charge is 0.507 e. The predicted molar refractivity (Wildman–Crippen MR) is 118 cm³/mol. The lowest BCUT2D eigenvalue weighted by atomic mass is 9.85. The van der Waals surface area contributed by atoms with Crippen LogP contribution in [-0.4, -0.2) is 51.1 Å². The van der Waals surface area contributed by atoms with Gasteiger partial charge in [-0.3, -0.25) is 14.6 Å². The van der Waals surface area contributed by atoms with E-state index in [2.05, 4.69) is 4.52 Å². The molecule has 11 heteroatoms. The molecule has 1 aliphatic rings. The van der Waals surface area contributed by atoms with E-state index in [1.165, 1.54) is 6.07 Å². The maximum atomic E-state index is 13.1. The monoisotopic (exact) mass is 482 g/mol. The van der Waals surface area contributed by atoms with Crippen molar-refractivity contribution >= 4 is 30.4 Å². The molecule has 0 saturated carbocycles. The second kappa shape index (κ2) is 8.51. The Labute approximate surface area is 189 Å². The van der Waals surface area contributed by atoms with Gasteiger partial charge in [0.05, 0.1) is 12.5 Å². The zero-order chi connectivity index (χ0) is 24.1.